The average Bonchev–Trinajstić information content (AvgIpc) is 2.57. The van der Waals surface area contributed by atoms with E-state index >= 15 is 0 Å². The molecule has 16 heavy (non-hydrogen) atoms. The van der Waals surface area contributed by atoms with Crippen molar-refractivity contribution in [2.45, 2.75) is 53.5 Å². The van der Waals surface area contributed by atoms with Crippen molar-refractivity contribution in [1.29, 1.82) is 0 Å². The lowest BCUT2D eigenvalue weighted by molar-refractivity contribution is 0.626. The van der Waals surface area contributed by atoms with E-state index in [-0.39, 0.29) is 0 Å². The molecule has 3 heteroatoms. The van der Waals surface area contributed by atoms with E-state index in [0.717, 1.165) is 19.5 Å². The molecule has 1 heterocycles. The Morgan fingerprint density at radius 1 is 1.25 bits per heavy atom. The summed E-state index contributed by atoms with van der Waals surface area (Å²) in [5, 5.41) is 4.58. The summed E-state index contributed by atoms with van der Waals surface area (Å²) in [6.45, 7) is 13.1. The van der Waals surface area contributed by atoms with Crippen molar-refractivity contribution in [3.8, 4) is 0 Å². The second kappa shape index (κ2) is 6.36. The quantitative estimate of drug-likeness (QED) is 0.822. The zero-order chi connectivity index (χ0) is 12.1. The Balaban J connectivity index is 2.82. The van der Waals surface area contributed by atoms with Crippen molar-refractivity contribution < 1.29 is 0 Å². The SMILES string of the molecule is CCNCc1nc(CC(C)C)c(C(C)C)s1. The van der Waals surface area contributed by atoms with Crippen molar-refractivity contribution >= 4 is 11.3 Å². The number of rotatable bonds is 6. The molecule has 0 spiro atoms. The monoisotopic (exact) mass is 240 g/mol. The van der Waals surface area contributed by atoms with Crippen LogP contribution in [0.15, 0.2) is 0 Å². The summed E-state index contributed by atoms with van der Waals surface area (Å²) < 4.78 is 0. The van der Waals surface area contributed by atoms with Crippen molar-refractivity contribution in [3.63, 3.8) is 0 Å². The molecule has 0 aliphatic heterocycles. The normalized spacial score (nSPS) is 11.7. The van der Waals surface area contributed by atoms with Gasteiger partial charge >= 0.3 is 0 Å². The van der Waals surface area contributed by atoms with E-state index in [1.165, 1.54) is 15.6 Å². The third-order valence-electron chi connectivity index (χ3n) is 2.42. The summed E-state index contributed by atoms with van der Waals surface area (Å²) in [5.41, 5.74) is 1.32. The summed E-state index contributed by atoms with van der Waals surface area (Å²) in [6, 6.07) is 0. The molecule has 0 fully saturated rings. The van der Waals surface area contributed by atoms with Gasteiger partial charge in [-0.15, -0.1) is 11.3 Å². The molecule has 2 nitrogen and oxygen atoms in total. The van der Waals surface area contributed by atoms with E-state index in [2.05, 4.69) is 39.9 Å². The fourth-order valence-electron chi connectivity index (χ4n) is 1.71. The van der Waals surface area contributed by atoms with Crippen LogP contribution in [0, 0.1) is 5.92 Å². The maximum absolute atomic E-state index is 4.77. The first-order valence-corrected chi connectivity index (χ1v) is 7.05. The van der Waals surface area contributed by atoms with Crippen LogP contribution in [-0.2, 0) is 13.0 Å². The highest BCUT2D eigenvalue weighted by Gasteiger charge is 2.14. The lowest BCUT2D eigenvalue weighted by Gasteiger charge is -2.06. The standard InChI is InChI=1S/C13H24N2S/c1-6-14-8-12-15-11(7-9(2)3)13(16-12)10(4)5/h9-10,14H,6-8H2,1-5H3. The number of thiazole rings is 1. The molecule has 92 valence electrons. The first kappa shape index (κ1) is 13.7. The number of nitrogens with zero attached hydrogens (tertiary/aromatic N) is 1. The van der Waals surface area contributed by atoms with Crippen LogP contribution in [0.5, 0.6) is 0 Å². The fourth-order valence-corrected chi connectivity index (χ4v) is 2.77. The second-order valence-corrected chi connectivity index (χ2v) is 6.07. The Bertz CT molecular complexity index is 316. The predicted molar refractivity (Wildman–Crippen MR) is 72.1 cm³/mol. The molecule has 0 saturated heterocycles. The Labute approximate surface area is 103 Å². The highest BCUT2D eigenvalue weighted by Crippen LogP contribution is 2.28. The van der Waals surface area contributed by atoms with Gasteiger partial charge < -0.3 is 5.32 Å². The maximum Gasteiger partial charge on any atom is 0.107 e. The van der Waals surface area contributed by atoms with E-state index in [4.69, 9.17) is 4.98 Å². The van der Waals surface area contributed by atoms with Gasteiger partial charge in [0.05, 0.1) is 5.69 Å². The van der Waals surface area contributed by atoms with Crippen molar-refractivity contribution in [2.75, 3.05) is 6.54 Å². The molecule has 1 aromatic rings. The highest BCUT2D eigenvalue weighted by molar-refractivity contribution is 7.11. The first-order valence-electron chi connectivity index (χ1n) is 6.23. The van der Waals surface area contributed by atoms with Gasteiger partial charge in [-0.2, -0.15) is 0 Å². The van der Waals surface area contributed by atoms with E-state index in [0.29, 0.717) is 11.8 Å². The maximum atomic E-state index is 4.77. The van der Waals surface area contributed by atoms with Crippen molar-refractivity contribution in [1.82, 2.24) is 10.3 Å². The van der Waals surface area contributed by atoms with E-state index in [9.17, 15) is 0 Å². The van der Waals surface area contributed by atoms with Gasteiger partial charge in [0.1, 0.15) is 5.01 Å². The Morgan fingerprint density at radius 2 is 1.94 bits per heavy atom. The Morgan fingerprint density at radius 3 is 2.44 bits per heavy atom. The Hall–Kier alpha value is -0.410. The van der Waals surface area contributed by atoms with Crippen LogP contribution in [0.25, 0.3) is 0 Å². The summed E-state index contributed by atoms with van der Waals surface area (Å²) in [6.07, 6.45) is 1.11. The largest absolute Gasteiger partial charge is 0.311 e. The molecule has 0 radical (unpaired) electrons. The van der Waals surface area contributed by atoms with Gasteiger partial charge in [0.15, 0.2) is 0 Å². The van der Waals surface area contributed by atoms with Crippen molar-refractivity contribution in [2.24, 2.45) is 5.92 Å². The molecular formula is C13H24N2S. The van der Waals surface area contributed by atoms with Gasteiger partial charge in [-0.1, -0.05) is 34.6 Å². The number of hydrogen-bond acceptors (Lipinski definition) is 3. The predicted octanol–water partition coefficient (Wildman–Crippen LogP) is 3.57. The van der Waals surface area contributed by atoms with Gasteiger partial charge in [-0.05, 0) is 24.8 Å². The highest BCUT2D eigenvalue weighted by atomic mass is 32.1. The minimum absolute atomic E-state index is 0.599. The van der Waals surface area contributed by atoms with Crippen LogP contribution >= 0.6 is 11.3 Å². The summed E-state index contributed by atoms with van der Waals surface area (Å²) in [4.78, 5) is 6.24. The smallest absolute Gasteiger partial charge is 0.107 e. The molecule has 0 unspecified atom stereocenters. The number of hydrogen-bond donors (Lipinski definition) is 1. The molecule has 1 aromatic heterocycles. The van der Waals surface area contributed by atoms with Gasteiger partial charge in [0.25, 0.3) is 0 Å². The summed E-state index contributed by atoms with van der Waals surface area (Å²) in [5.74, 6) is 1.29. The van der Waals surface area contributed by atoms with Crippen molar-refractivity contribution in [3.05, 3.63) is 15.6 Å². The molecule has 0 atom stereocenters. The minimum Gasteiger partial charge on any atom is -0.311 e. The molecule has 0 bridgehead atoms. The van der Waals surface area contributed by atoms with Crippen LogP contribution < -0.4 is 5.32 Å². The molecule has 0 amide bonds. The third kappa shape index (κ3) is 3.87. The third-order valence-corrected chi connectivity index (χ3v) is 3.82. The minimum atomic E-state index is 0.599. The first-order chi connectivity index (χ1) is 7.54. The zero-order valence-corrected chi connectivity index (χ0v) is 11.9. The van der Waals surface area contributed by atoms with Gasteiger partial charge in [0.2, 0.25) is 0 Å². The lowest BCUT2D eigenvalue weighted by Crippen LogP contribution is -2.11. The van der Waals surface area contributed by atoms with Crippen LogP contribution in [0.1, 0.15) is 56.1 Å². The van der Waals surface area contributed by atoms with Crippen LogP contribution in [0.2, 0.25) is 0 Å². The van der Waals surface area contributed by atoms with Crippen LogP contribution in [-0.4, -0.2) is 11.5 Å². The molecule has 0 saturated carbocycles. The van der Waals surface area contributed by atoms with Crippen LogP contribution in [0.3, 0.4) is 0 Å². The molecule has 0 aliphatic carbocycles. The topological polar surface area (TPSA) is 24.9 Å². The molecule has 0 aromatic carbocycles. The van der Waals surface area contributed by atoms with E-state index in [1.807, 2.05) is 11.3 Å². The second-order valence-electron chi connectivity index (χ2n) is 4.95. The molecule has 1 N–H and O–H groups in total. The zero-order valence-electron chi connectivity index (χ0n) is 11.1. The van der Waals surface area contributed by atoms with E-state index in [1.54, 1.807) is 0 Å². The average molecular weight is 240 g/mol. The Kier molecular flexibility index (Phi) is 5.42. The summed E-state index contributed by atoms with van der Waals surface area (Å²) >= 11 is 1.88. The van der Waals surface area contributed by atoms with E-state index < -0.39 is 0 Å². The summed E-state index contributed by atoms with van der Waals surface area (Å²) in [7, 11) is 0. The van der Waals surface area contributed by atoms with Gasteiger partial charge in [-0.25, -0.2) is 4.98 Å². The van der Waals surface area contributed by atoms with Crippen LogP contribution in [0.4, 0.5) is 0 Å². The van der Waals surface area contributed by atoms with Gasteiger partial charge in [0, 0.05) is 11.4 Å². The fraction of sp³-hybridized carbons (Fsp3) is 0.769. The number of aromatic nitrogens is 1. The lowest BCUT2D eigenvalue weighted by atomic mass is 10.0. The molecule has 1 rings (SSSR count). The number of nitrogens with one attached hydrogen (secondary N) is 1. The molecular weight excluding hydrogens is 216 g/mol. The van der Waals surface area contributed by atoms with Gasteiger partial charge in [-0.3, -0.25) is 0 Å². The molecule has 0 aliphatic rings.